The summed E-state index contributed by atoms with van der Waals surface area (Å²) >= 11 is 0. The predicted molar refractivity (Wildman–Crippen MR) is 51.3 cm³/mol. The monoisotopic (exact) mass is 197 g/mol. The molecule has 5 heteroatoms. The molecule has 1 aliphatic heterocycles. The van der Waals surface area contributed by atoms with Gasteiger partial charge in [0, 0.05) is 25.7 Å². The quantitative estimate of drug-likeness (QED) is 0.737. The Morgan fingerprint density at radius 2 is 2.57 bits per heavy atom. The van der Waals surface area contributed by atoms with Crippen LogP contribution in [0.15, 0.2) is 10.6 Å². The van der Waals surface area contributed by atoms with E-state index in [1.54, 1.807) is 7.11 Å². The van der Waals surface area contributed by atoms with E-state index in [0.29, 0.717) is 5.88 Å². The van der Waals surface area contributed by atoms with Gasteiger partial charge in [0.05, 0.1) is 13.2 Å². The molecule has 1 aliphatic rings. The number of nitrogens with one attached hydrogen (secondary N) is 1. The fourth-order valence-electron chi connectivity index (χ4n) is 1.65. The molecule has 0 saturated carbocycles. The zero-order valence-electron chi connectivity index (χ0n) is 8.49. The van der Waals surface area contributed by atoms with Crippen molar-refractivity contribution in [3.05, 3.63) is 11.8 Å². The summed E-state index contributed by atoms with van der Waals surface area (Å²) in [6.45, 7) is 2.95. The topological polar surface area (TPSA) is 50.5 Å². The van der Waals surface area contributed by atoms with E-state index < -0.39 is 0 Å². The summed E-state index contributed by atoms with van der Waals surface area (Å²) in [4.78, 5) is 2.25. The number of rotatable bonds is 2. The highest BCUT2D eigenvalue weighted by atomic mass is 16.5. The van der Waals surface area contributed by atoms with Gasteiger partial charge < -0.3 is 14.6 Å². The Hall–Kier alpha value is -1.07. The summed E-state index contributed by atoms with van der Waals surface area (Å²) in [6.07, 6.45) is 0. The second-order valence-electron chi connectivity index (χ2n) is 3.47. The van der Waals surface area contributed by atoms with Crippen molar-refractivity contribution >= 4 is 0 Å². The molecule has 0 spiro atoms. The van der Waals surface area contributed by atoms with Crippen molar-refractivity contribution in [1.82, 2.24) is 15.4 Å². The first kappa shape index (κ1) is 9.48. The molecular formula is C9H15N3O2. The summed E-state index contributed by atoms with van der Waals surface area (Å²) in [5.74, 6) is 1.40. The van der Waals surface area contributed by atoms with Gasteiger partial charge in [0.2, 0.25) is 0 Å². The Balaban J connectivity index is 2.12. The van der Waals surface area contributed by atoms with Gasteiger partial charge in [0.25, 0.3) is 5.88 Å². The zero-order valence-corrected chi connectivity index (χ0v) is 8.49. The Labute approximate surface area is 83.0 Å². The molecule has 1 aromatic heterocycles. The van der Waals surface area contributed by atoms with Gasteiger partial charge in [-0.05, 0) is 12.2 Å². The lowest BCUT2D eigenvalue weighted by molar-refractivity contribution is 0.167. The number of likely N-dealkylation sites (N-methyl/N-ethyl adjacent to an activating group) is 1. The number of hydrogen-bond donors (Lipinski definition) is 1. The number of hydrogen-bond acceptors (Lipinski definition) is 5. The normalized spacial score (nSPS) is 23.7. The summed E-state index contributed by atoms with van der Waals surface area (Å²) in [7, 11) is 3.67. The van der Waals surface area contributed by atoms with Crippen LogP contribution in [-0.4, -0.2) is 43.8 Å². The third kappa shape index (κ3) is 1.73. The van der Waals surface area contributed by atoms with Crippen LogP contribution in [0.2, 0.25) is 0 Å². The van der Waals surface area contributed by atoms with Crippen molar-refractivity contribution in [2.45, 2.75) is 6.04 Å². The van der Waals surface area contributed by atoms with Crippen molar-refractivity contribution in [1.29, 1.82) is 0 Å². The van der Waals surface area contributed by atoms with Gasteiger partial charge >= 0.3 is 0 Å². The van der Waals surface area contributed by atoms with E-state index in [2.05, 4.69) is 22.4 Å². The van der Waals surface area contributed by atoms with E-state index in [4.69, 9.17) is 9.26 Å². The number of ether oxygens (including phenoxy) is 1. The van der Waals surface area contributed by atoms with Crippen LogP contribution in [0.4, 0.5) is 0 Å². The molecule has 1 atom stereocenters. The summed E-state index contributed by atoms with van der Waals surface area (Å²) in [6, 6.07) is 2.11. The molecule has 0 bridgehead atoms. The Morgan fingerprint density at radius 3 is 3.21 bits per heavy atom. The number of methoxy groups -OCH3 is 1. The lowest BCUT2D eigenvalue weighted by atomic mass is 10.1. The molecule has 1 saturated heterocycles. The van der Waals surface area contributed by atoms with E-state index in [1.165, 1.54) is 0 Å². The molecule has 2 rings (SSSR count). The molecular weight excluding hydrogens is 182 g/mol. The van der Waals surface area contributed by atoms with Gasteiger partial charge in [0.1, 0.15) is 0 Å². The van der Waals surface area contributed by atoms with Crippen LogP contribution in [0, 0.1) is 0 Å². The first-order chi connectivity index (χ1) is 6.81. The molecule has 1 fully saturated rings. The minimum atomic E-state index is 0.264. The maximum atomic E-state index is 5.21. The third-order valence-corrected chi connectivity index (χ3v) is 2.56. The van der Waals surface area contributed by atoms with Crippen molar-refractivity contribution in [2.75, 3.05) is 33.8 Å². The van der Waals surface area contributed by atoms with Crippen LogP contribution in [-0.2, 0) is 0 Å². The van der Waals surface area contributed by atoms with E-state index >= 15 is 0 Å². The van der Waals surface area contributed by atoms with Gasteiger partial charge in [-0.3, -0.25) is 4.90 Å². The van der Waals surface area contributed by atoms with Crippen LogP contribution in [0.1, 0.15) is 11.8 Å². The highest BCUT2D eigenvalue weighted by molar-refractivity contribution is 5.14. The number of piperazine rings is 1. The molecule has 1 unspecified atom stereocenters. The molecule has 1 aromatic rings. The van der Waals surface area contributed by atoms with Crippen LogP contribution in [0.5, 0.6) is 5.88 Å². The molecule has 0 amide bonds. The molecule has 78 valence electrons. The second-order valence-corrected chi connectivity index (χ2v) is 3.47. The van der Waals surface area contributed by atoms with Crippen molar-refractivity contribution < 1.29 is 9.26 Å². The summed E-state index contributed by atoms with van der Waals surface area (Å²) in [5, 5.41) is 7.11. The fourth-order valence-corrected chi connectivity index (χ4v) is 1.65. The maximum absolute atomic E-state index is 5.21. The largest absolute Gasteiger partial charge is 0.479 e. The molecule has 2 heterocycles. The fraction of sp³-hybridized carbons (Fsp3) is 0.667. The minimum Gasteiger partial charge on any atom is -0.479 e. The Bertz CT molecular complexity index is 300. The van der Waals surface area contributed by atoms with E-state index in [1.807, 2.05) is 6.07 Å². The number of nitrogens with zero attached hydrogens (tertiary/aromatic N) is 2. The van der Waals surface area contributed by atoms with Gasteiger partial charge in [0.15, 0.2) is 5.76 Å². The standard InChI is InChI=1S/C9H15N3O2/c1-12-4-3-10-6-7(12)8-5-9(13-2)11-14-8/h5,7,10H,3-4,6H2,1-2H3. The van der Waals surface area contributed by atoms with Gasteiger partial charge in [-0.2, -0.15) is 0 Å². The van der Waals surface area contributed by atoms with E-state index in [0.717, 1.165) is 25.4 Å². The Morgan fingerprint density at radius 1 is 1.71 bits per heavy atom. The third-order valence-electron chi connectivity index (χ3n) is 2.56. The van der Waals surface area contributed by atoms with Gasteiger partial charge in [-0.25, -0.2) is 0 Å². The average molecular weight is 197 g/mol. The van der Waals surface area contributed by atoms with Gasteiger partial charge in [-0.15, -0.1) is 0 Å². The maximum Gasteiger partial charge on any atom is 0.254 e. The Kier molecular flexibility index (Phi) is 2.69. The average Bonchev–Trinajstić information content (AvgIpc) is 2.67. The van der Waals surface area contributed by atoms with Crippen molar-refractivity contribution in [3.63, 3.8) is 0 Å². The smallest absolute Gasteiger partial charge is 0.254 e. The lowest BCUT2D eigenvalue weighted by Gasteiger charge is -2.30. The predicted octanol–water partition coefficient (Wildman–Crippen LogP) is 0.259. The second kappa shape index (κ2) is 3.98. The van der Waals surface area contributed by atoms with E-state index in [9.17, 15) is 0 Å². The van der Waals surface area contributed by atoms with Crippen molar-refractivity contribution in [2.24, 2.45) is 0 Å². The minimum absolute atomic E-state index is 0.264. The highest BCUT2D eigenvalue weighted by Crippen LogP contribution is 2.23. The molecule has 14 heavy (non-hydrogen) atoms. The SMILES string of the molecule is COc1cc(C2CNCCN2C)on1. The first-order valence-electron chi connectivity index (χ1n) is 4.73. The van der Waals surface area contributed by atoms with Crippen LogP contribution in [0.3, 0.4) is 0 Å². The summed E-state index contributed by atoms with van der Waals surface area (Å²) in [5.41, 5.74) is 0. The van der Waals surface area contributed by atoms with E-state index in [-0.39, 0.29) is 6.04 Å². The summed E-state index contributed by atoms with van der Waals surface area (Å²) < 4.78 is 10.2. The first-order valence-corrected chi connectivity index (χ1v) is 4.73. The van der Waals surface area contributed by atoms with Crippen LogP contribution in [0.25, 0.3) is 0 Å². The molecule has 0 aromatic carbocycles. The molecule has 0 radical (unpaired) electrons. The number of aromatic nitrogens is 1. The van der Waals surface area contributed by atoms with Crippen molar-refractivity contribution in [3.8, 4) is 5.88 Å². The van der Waals surface area contributed by atoms with Crippen LogP contribution >= 0.6 is 0 Å². The van der Waals surface area contributed by atoms with Gasteiger partial charge in [-0.1, -0.05) is 0 Å². The van der Waals surface area contributed by atoms with Crippen LogP contribution < -0.4 is 10.1 Å². The molecule has 5 nitrogen and oxygen atoms in total. The zero-order chi connectivity index (χ0) is 9.97. The molecule has 0 aliphatic carbocycles. The highest BCUT2D eigenvalue weighted by Gasteiger charge is 2.24. The molecule has 1 N–H and O–H groups in total. The lowest BCUT2D eigenvalue weighted by Crippen LogP contribution is -2.43.